The molecule has 3 aromatic rings. The lowest BCUT2D eigenvalue weighted by molar-refractivity contribution is 0.0934. The number of rotatable bonds is 10. The molecule has 1 amide bonds. The standard InChI is InChI=1S/C26H33N3O3/c1-18(2)20(4)29(15-21-10-9-13-23(14-21)31-5)16-25-28-24(17-32-25)26(30)27-19(3)22-11-7-6-8-12-22/h6-14,17-20H,15-16H2,1-5H3,(H,27,30)/t19-,20+/m0/s1. The summed E-state index contributed by atoms with van der Waals surface area (Å²) in [5.74, 6) is 1.57. The normalized spacial score (nSPS) is 13.2. The fourth-order valence-corrected chi connectivity index (χ4v) is 3.53. The van der Waals surface area contributed by atoms with E-state index in [0.29, 0.717) is 30.1 Å². The molecule has 1 N–H and O–H groups in total. The number of aromatic nitrogens is 1. The first-order valence-electron chi connectivity index (χ1n) is 11.0. The molecule has 0 aliphatic heterocycles. The topological polar surface area (TPSA) is 67.6 Å². The van der Waals surface area contributed by atoms with Crippen molar-refractivity contribution >= 4 is 5.91 Å². The lowest BCUT2D eigenvalue weighted by Crippen LogP contribution is -2.36. The van der Waals surface area contributed by atoms with Crippen LogP contribution >= 0.6 is 0 Å². The van der Waals surface area contributed by atoms with Crippen LogP contribution in [0.5, 0.6) is 5.75 Å². The molecule has 0 spiro atoms. The van der Waals surface area contributed by atoms with Gasteiger partial charge in [-0.05, 0) is 43.0 Å². The van der Waals surface area contributed by atoms with Crippen LogP contribution in [0.15, 0.2) is 65.3 Å². The molecule has 170 valence electrons. The summed E-state index contributed by atoms with van der Waals surface area (Å²) in [7, 11) is 1.67. The molecule has 32 heavy (non-hydrogen) atoms. The number of hydrogen-bond acceptors (Lipinski definition) is 5. The molecule has 2 atom stereocenters. The van der Waals surface area contributed by atoms with Gasteiger partial charge in [0.15, 0.2) is 5.69 Å². The fraction of sp³-hybridized carbons (Fsp3) is 0.385. The second-order valence-electron chi connectivity index (χ2n) is 8.47. The lowest BCUT2D eigenvalue weighted by atomic mass is 10.0. The average Bonchev–Trinajstić information content (AvgIpc) is 3.27. The van der Waals surface area contributed by atoms with E-state index in [1.165, 1.54) is 6.26 Å². The number of nitrogens with one attached hydrogen (secondary N) is 1. The predicted octanol–water partition coefficient (Wildman–Crippen LogP) is 5.22. The molecule has 0 radical (unpaired) electrons. The first-order chi connectivity index (χ1) is 15.4. The van der Waals surface area contributed by atoms with Gasteiger partial charge in [-0.1, -0.05) is 56.3 Å². The van der Waals surface area contributed by atoms with Gasteiger partial charge in [0.05, 0.1) is 19.7 Å². The number of carbonyl (C=O) groups is 1. The molecule has 0 saturated carbocycles. The highest BCUT2D eigenvalue weighted by molar-refractivity contribution is 5.92. The third kappa shape index (κ3) is 6.20. The van der Waals surface area contributed by atoms with Gasteiger partial charge in [-0.15, -0.1) is 0 Å². The maximum Gasteiger partial charge on any atom is 0.273 e. The first-order valence-corrected chi connectivity index (χ1v) is 11.0. The smallest absolute Gasteiger partial charge is 0.273 e. The molecule has 0 bridgehead atoms. The highest BCUT2D eigenvalue weighted by atomic mass is 16.5. The van der Waals surface area contributed by atoms with E-state index in [9.17, 15) is 4.79 Å². The van der Waals surface area contributed by atoms with Crippen LogP contribution in [0, 0.1) is 5.92 Å². The summed E-state index contributed by atoms with van der Waals surface area (Å²) in [4.78, 5) is 19.4. The van der Waals surface area contributed by atoms with Gasteiger partial charge >= 0.3 is 0 Å². The Balaban J connectivity index is 1.69. The third-order valence-electron chi connectivity index (χ3n) is 5.83. The van der Waals surface area contributed by atoms with Gasteiger partial charge in [-0.25, -0.2) is 4.98 Å². The number of nitrogens with zero attached hydrogens (tertiary/aromatic N) is 2. The molecule has 6 nitrogen and oxygen atoms in total. The van der Waals surface area contributed by atoms with Crippen LogP contribution < -0.4 is 10.1 Å². The van der Waals surface area contributed by atoms with Gasteiger partial charge in [0, 0.05) is 12.6 Å². The summed E-state index contributed by atoms with van der Waals surface area (Å²) in [6.45, 7) is 9.78. The van der Waals surface area contributed by atoms with Gasteiger partial charge in [0.2, 0.25) is 5.89 Å². The van der Waals surface area contributed by atoms with E-state index in [4.69, 9.17) is 9.15 Å². The second-order valence-corrected chi connectivity index (χ2v) is 8.47. The van der Waals surface area contributed by atoms with Crippen molar-refractivity contribution in [3.63, 3.8) is 0 Å². The fourth-order valence-electron chi connectivity index (χ4n) is 3.53. The minimum atomic E-state index is -0.243. The Kier molecular flexibility index (Phi) is 8.06. The van der Waals surface area contributed by atoms with E-state index in [2.05, 4.69) is 42.0 Å². The molecular weight excluding hydrogens is 402 g/mol. The van der Waals surface area contributed by atoms with Gasteiger partial charge in [0.1, 0.15) is 12.0 Å². The maximum atomic E-state index is 12.7. The molecule has 0 aliphatic rings. The van der Waals surface area contributed by atoms with E-state index < -0.39 is 0 Å². The molecule has 0 aliphatic carbocycles. The highest BCUT2D eigenvalue weighted by Crippen LogP contribution is 2.21. The third-order valence-corrected chi connectivity index (χ3v) is 5.83. The number of methoxy groups -OCH3 is 1. The van der Waals surface area contributed by atoms with E-state index >= 15 is 0 Å². The van der Waals surface area contributed by atoms with Crippen molar-refractivity contribution in [1.29, 1.82) is 0 Å². The summed E-state index contributed by atoms with van der Waals surface area (Å²) >= 11 is 0. The molecule has 3 rings (SSSR count). The number of oxazole rings is 1. The minimum absolute atomic E-state index is 0.116. The summed E-state index contributed by atoms with van der Waals surface area (Å²) in [6.07, 6.45) is 1.44. The lowest BCUT2D eigenvalue weighted by Gasteiger charge is -2.30. The largest absolute Gasteiger partial charge is 0.497 e. The number of ether oxygens (including phenoxy) is 1. The van der Waals surface area contributed by atoms with Crippen molar-refractivity contribution in [3.8, 4) is 5.75 Å². The number of benzene rings is 2. The number of carbonyl (C=O) groups excluding carboxylic acids is 1. The summed E-state index contributed by atoms with van der Waals surface area (Å²) in [5, 5.41) is 2.98. The van der Waals surface area contributed by atoms with Crippen molar-refractivity contribution < 1.29 is 13.9 Å². The van der Waals surface area contributed by atoms with Crippen LogP contribution in [0.2, 0.25) is 0 Å². The van der Waals surface area contributed by atoms with Crippen LogP contribution in [0.4, 0.5) is 0 Å². The maximum absolute atomic E-state index is 12.7. The molecule has 0 saturated heterocycles. The van der Waals surface area contributed by atoms with Crippen LogP contribution in [-0.4, -0.2) is 28.9 Å². The molecule has 1 aromatic heterocycles. The quantitative estimate of drug-likeness (QED) is 0.473. The molecule has 0 unspecified atom stereocenters. The van der Waals surface area contributed by atoms with Crippen molar-refractivity contribution in [3.05, 3.63) is 83.6 Å². The number of hydrogen-bond donors (Lipinski definition) is 1. The summed E-state index contributed by atoms with van der Waals surface area (Å²) < 4.78 is 11.0. The zero-order chi connectivity index (χ0) is 23.1. The first kappa shape index (κ1) is 23.5. The Bertz CT molecular complexity index is 1000. The Morgan fingerprint density at radius 3 is 2.50 bits per heavy atom. The molecule has 1 heterocycles. The van der Waals surface area contributed by atoms with E-state index in [0.717, 1.165) is 23.4 Å². The van der Waals surface area contributed by atoms with Crippen molar-refractivity contribution in [2.45, 2.75) is 52.9 Å². The van der Waals surface area contributed by atoms with Gasteiger partial charge in [-0.2, -0.15) is 0 Å². The molecule has 2 aromatic carbocycles. The summed E-state index contributed by atoms with van der Waals surface area (Å²) in [6, 6.07) is 18.1. The van der Waals surface area contributed by atoms with Crippen molar-refractivity contribution in [2.24, 2.45) is 5.92 Å². The SMILES string of the molecule is COc1cccc(CN(Cc2nc(C(=O)N[C@@H](C)c3ccccc3)co2)[C@H](C)C(C)C)c1. The van der Waals surface area contributed by atoms with Crippen molar-refractivity contribution in [1.82, 2.24) is 15.2 Å². The zero-order valence-corrected chi connectivity index (χ0v) is 19.5. The molecule has 0 fully saturated rings. The predicted molar refractivity (Wildman–Crippen MR) is 125 cm³/mol. The average molecular weight is 436 g/mol. The van der Waals surface area contributed by atoms with Crippen LogP contribution in [0.25, 0.3) is 0 Å². The second kappa shape index (κ2) is 11.0. The monoisotopic (exact) mass is 435 g/mol. The van der Waals surface area contributed by atoms with E-state index in [1.807, 2.05) is 55.5 Å². The Labute approximate surface area is 190 Å². The number of amides is 1. The van der Waals surface area contributed by atoms with Crippen LogP contribution in [0.3, 0.4) is 0 Å². The summed E-state index contributed by atoms with van der Waals surface area (Å²) in [5.41, 5.74) is 2.49. The van der Waals surface area contributed by atoms with Gasteiger partial charge < -0.3 is 14.5 Å². The molecule has 6 heteroatoms. The van der Waals surface area contributed by atoms with E-state index in [1.54, 1.807) is 7.11 Å². The van der Waals surface area contributed by atoms with Crippen LogP contribution in [0.1, 0.15) is 61.2 Å². The zero-order valence-electron chi connectivity index (χ0n) is 19.5. The van der Waals surface area contributed by atoms with Gasteiger partial charge in [0.25, 0.3) is 5.91 Å². The van der Waals surface area contributed by atoms with Gasteiger partial charge in [-0.3, -0.25) is 9.69 Å². The molecular formula is C26H33N3O3. The highest BCUT2D eigenvalue weighted by Gasteiger charge is 2.22. The van der Waals surface area contributed by atoms with Crippen LogP contribution in [-0.2, 0) is 13.1 Å². The Hall–Kier alpha value is -3.12. The van der Waals surface area contributed by atoms with Crippen molar-refractivity contribution in [2.75, 3.05) is 7.11 Å². The Morgan fingerprint density at radius 2 is 1.81 bits per heavy atom. The Morgan fingerprint density at radius 1 is 1.06 bits per heavy atom. The minimum Gasteiger partial charge on any atom is -0.497 e. The van der Waals surface area contributed by atoms with E-state index in [-0.39, 0.29) is 11.9 Å².